The number of rotatable bonds is 5. The van der Waals surface area contributed by atoms with Crippen LogP contribution in [0.15, 0.2) is 40.9 Å². The zero-order valence-corrected chi connectivity index (χ0v) is 14.4. The van der Waals surface area contributed by atoms with E-state index < -0.39 is 0 Å². The van der Waals surface area contributed by atoms with Crippen LogP contribution in [0.4, 0.5) is 4.39 Å². The molecule has 0 radical (unpaired) electrons. The molecule has 1 nitrogen and oxygen atoms in total. The molecular weight excluding hydrogens is 353 g/mol. The molecule has 0 heterocycles. The summed E-state index contributed by atoms with van der Waals surface area (Å²) < 4.78 is 14.3. The highest BCUT2D eigenvalue weighted by molar-refractivity contribution is 9.10. The van der Waals surface area contributed by atoms with E-state index in [0.29, 0.717) is 0 Å². The summed E-state index contributed by atoms with van der Waals surface area (Å²) in [6.45, 7) is 5.02. The first-order chi connectivity index (χ1) is 9.99. The summed E-state index contributed by atoms with van der Waals surface area (Å²) in [5.74, 6) is -0.376. The number of hydrogen-bond acceptors (Lipinski definition) is 1. The Hall–Kier alpha value is -0.900. The van der Waals surface area contributed by atoms with Crippen LogP contribution in [0.1, 0.15) is 29.7 Å². The summed E-state index contributed by atoms with van der Waals surface area (Å²) in [5, 5.41) is 3.65. The molecular formula is C17H18BrClFN. The molecule has 0 aliphatic carbocycles. The molecule has 2 aromatic carbocycles. The average Bonchev–Trinajstić information content (AvgIpc) is 2.41. The van der Waals surface area contributed by atoms with Crippen molar-refractivity contribution >= 4 is 27.5 Å². The number of nitrogens with one attached hydrogen (secondary N) is 1. The smallest absolute Gasteiger partial charge is 0.141 e. The Labute approximate surface area is 138 Å². The molecule has 1 N–H and O–H groups in total. The number of hydrogen-bond donors (Lipinski definition) is 1. The molecule has 112 valence electrons. The zero-order valence-electron chi connectivity index (χ0n) is 12.1. The minimum atomic E-state index is -0.376. The standard InChI is InChI=1S/C17H18BrClFN/c1-3-21-17(13-6-11(2)7-14(18)10-13)9-12-4-5-16(20)15(19)8-12/h4-8,10,17,21H,3,9H2,1-2H3. The molecule has 0 saturated heterocycles. The van der Waals surface area contributed by atoms with Crippen LogP contribution in [-0.2, 0) is 6.42 Å². The summed E-state index contributed by atoms with van der Waals surface area (Å²) in [6.07, 6.45) is 0.768. The van der Waals surface area contributed by atoms with Gasteiger partial charge in [0.2, 0.25) is 0 Å². The van der Waals surface area contributed by atoms with Crippen LogP contribution in [0.25, 0.3) is 0 Å². The number of aryl methyl sites for hydroxylation is 1. The van der Waals surface area contributed by atoms with E-state index in [2.05, 4.69) is 53.3 Å². The van der Waals surface area contributed by atoms with Gasteiger partial charge in [-0.3, -0.25) is 0 Å². The van der Waals surface area contributed by atoms with E-state index >= 15 is 0 Å². The Bertz CT molecular complexity index is 610. The van der Waals surface area contributed by atoms with Crippen LogP contribution in [0, 0.1) is 12.7 Å². The third kappa shape index (κ3) is 4.53. The van der Waals surface area contributed by atoms with Crippen LogP contribution in [0.2, 0.25) is 5.02 Å². The molecule has 2 rings (SSSR count). The van der Waals surface area contributed by atoms with Crippen molar-refractivity contribution in [3.63, 3.8) is 0 Å². The Morgan fingerprint density at radius 3 is 2.62 bits per heavy atom. The van der Waals surface area contributed by atoms with E-state index in [1.54, 1.807) is 12.1 Å². The first-order valence-corrected chi connectivity index (χ1v) is 8.11. The van der Waals surface area contributed by atoms with Gasteiger partial charge >= 0.3 is 0 Å². The first kappa shape index (κ1) is 16.5. The van der Waals surface area contributed by atoms with Gasteiger partial charge in [-0.25, -0.2) is 4.39 Å². The fraction of sp³-hybridized carbons (Fsp3) is 0.294. The van der Waals surface area contributed by atoms with Crippen LogP contribution in [-0.4, -0.2) is 6.54 Å². The van der Waals surface area contributed by atoms with Crippen molar-refractivity contribution in [2.75, 3.05) is 6.54 Å². The largest absolute Gasteiger partial charge is 0.310 e. The maximum Gasteiger partial charge on any atom is 0.141 e. The molecule has 0 saturated carbocycles. The summed E-state index contributed by atoms with van der Waals surface area (Å²) >= 11 is 9.41. The second kappa shape index (κ2) is 7.39. The molecule has 0 aromatic heterocycles. The second-order valence-electron chi connectivity index (χ2n) is 5.12. The number of likely N-dealkylation sites (N-methyl/N-ethyl adjacent to an activating group) is 1. The Kier molecular flexibility index (Phi) is 5.80. The molecule has 2 aromatic rings. The van der Waals surface area contributed by atoms with Crippen molar-refractivity contribution in [3.8, 4) is 0 Å². The predicted molar refractivity (Wildman–Crippen MR) is 90.4 cm³/mol. The zero-order chi connectivity index (χ0) is 15.4. The Morgan fingerprint density at radius 1 is 1.24 bits per heavy atom. The van der Waals surface area contributed by atoms with E-state index in [-0.39, 0.29) is 16.9 Å². The lowest BCUT2D eigenvalue weighted by Crippen LogP contribution is -2.23. The lowest BCUT2D eigenvalue weighted by atomic mass is 9.97. The van der Waals surface area contributed by atoms with E-state index in [0.717, 1.165) is 23.0 Å². The summed E-state index contributed by atoms with van der Waals surface area (Å²) in [7, 11) is 0. The van der Waals surface area contributed by atoms with Gasteiger partial charge in [-0.1, -0.05) is 46.6 Å². The second-order valence-corrected chi connectivity index (χ2v) is 6.45. The van der Waals surface area contributed by atoms with Crippen LogP contribution in [0.3, 0.4) is 0 Å². The van der Waals surface area contributed by atoms with Gasteiger partial charge in [0.05, 0.1) is 5.02 Å². The van der Waals surface area contributed by atoms with Gasteiger partial charge in [-0.2, -0.15) is 0 Å². The highest BCUT2D eigenvalue weighted by atomic mass is 79.9. The minimum absolute atomic E-state index is 0.174. The van der Waals surface area contributed by atoms with Crippen molar-refractivity contribution < 1.29 is 4.39 Å². The maximum absolute atomic E-state index is 13.3. The molecule has 0 amide bonds. The SMILES string of the molecule is CCNC(Cc1ccc(F)c(Cl)c1)c1cc(C)cc(Br)c1. The summed E-state index contributed by atoms with van der Waals surface area (Å²) in [4.78, 5) is 0. The van der Waals surface area contributed by atoms with E-state index in [9.17, 15) is 4.39 Å². The molecule has 0 aliphatic rings. The van der Waals surface area contributed by atoms with Crippen molar-refractivity contribution in [2.24, 2.45) is 0 Å². The maximum atomic E-state index is 13.3. The van der Waals surface area contributed by atoms with E-state index in [4.69, 9.17) is 11.6 Å². The third-order valence-corrected chi connectivity index (χ3v) is 4.09. The minimum Gasteiger partial charge on any atom is -0.310 e. The van der Waals surface area contributed by atoms with Gasteiger partial charge in [-0.15, -0.1) is 0 Å². The predicted octanol–water partition coefficient (Wildman–Crippen LogP) is 5.44. The Morgan fingerprint density at radius 2 is 2.00 bits per heavy atom. The lowest BCUT2D eigenvalue weighted by Gasteiger charge is -2.20. The molecule has 4 heteroatoms. The van der Waals surface area contributed by atoms with Gasteiger partial charge in [-0.05, 0) is 60.8 Å². The van der Waals surface area contributed by atoms with E-state index in [1.165, 1.54) is 17.2 Å². The van der Waals surface area contributed by atoms with Crippen molar-refractivity contribution in [3.05, 3.63) is 68.4 Å². The van der Waals surface area contributed by atoms with Crippen molar-refractivity contribution in [1.82, 2.24) is 5.32 Å². The topological polar surface area (TPSA) is 12.0 Å². The fourth-order valence-electron chi connectivity index (χ4n) is 2.42. The van der Waals surface area contributed by atoms with Crippen molar-refractivity contribution in [1.29, 1.82) is 0 Å². The molecule has 1 unspecified atom stereocenters. The highest BCUT2D eigenvalue weighted by Gasteiger charge is 2.13. The van der Waals surface area contributed by atoms with Crippen molar-refractivity contribution in [2.45, 2.75) is 26.3 Å². The van der Waals surface area contributed by atoms with Gasteiger partial charge in [0.25, 0.3) is 0 Å². The molecule has 0 aliphatic heterocycles. The number of benzene rings is 2. The average molecular weight is 371 g/mol. The Balaban J connectivity index is 2.27. The van der Waals surface area contributed by atoms with Gasteiger partial charge in [0.1, 0.15) is 5.82 Å². The third-order valence-electron chi connectivity index (χ3n) is 3.34. The summed E-state index contributed by atoms with van der Waals surface area (Å²) in [5.41, 5.74) is 3.44. The first-order valence-electron chi connectivity index (χ1n) is 6.94. The summed E-state index contributed by atoms with van der Waals surface area (Å²) in [6, 6.07) is 11.5. The molecule has 0 spiro atoms. The normalized spacial score (nSPS) is 12.4. The number of halogens is 3. The molecule has 0 fully saturated rings. The van der Waals surface area contributed by atoms with Gasteiger partial charge in [0.15, 0.2) is 0 Å². The molecule has 1 atom stereocenters. The van der Waals surface area contributed by atoms with Crippen LogP contribution < -0.4 is 5.32 Å². The van der Waals surface area contributed by atoms with Gasteiger partial charge in [0, 0.05) is 10.5 Å². The molecule has 0 bridgehead atoms. The van der Waals surface area contributed by atoms with Gasteiger partial charge < -0.3 is 5.32 Å². The monoisotopic (exact) mass is 369 g/mol. The quantitative estimate of drug-likeness (QED) is 0.738. The lowest BCUT2D eigenvalue weighted by molar-refractivity contribution is 0.548. The van der Waals surface area contributed by atoms with Crippen LogP contribution >= 0.6 is 27.5 Å². The van der Waals surface area contributed by atoms with E-state index in [1.807, 2.05) is 0 Å². The molecule has 21 heavy (non-hydrogen) atoms. The fourth-order valence-corrected chi connectivity index (χ4v) is 3.25. The van der Waals surface area contributed by atoms with Crippen LogP contribution in [0.5, 0.6) is 0 Å². The highest BCUT2D eigenvalue weighted by Crippen LogP contribution is 2.25.